The molecular weight excluding hydrogens is 1400 g/mol. The Morgan fingerprint density at radius 2 is 0.953 bits per heavy atom. The zero-order valence-electron chi connectivity index (χ0n) is 63.1. The maximum absolute atomic E-state index is 14.0. The highest BCUT2D eigenvalue weighted by molar-refractivity contribution is 7.88. The summed E-state index contributed by atoms with van der Waals surface area (Å²) in [4.78, 5) is 169. The zero-order valence-corrected chi connectivity index (χ0v) is 63.9. The van der Waals surface area contributed by atoms with Gasteiger partial charge in [-0.2, -0.15) is 13.1 Å². The number of carbonyl (C=O) groups is 13. The maximum Gasteiger partial charge on any atom is 0.421 e. The number of Topliss-reactive ketones (excluding diaryl/α,β-unsaturated/α-hetero) is 2. The standard InChI is InChI=1S/C72H115N11O22S/c1-47(2)18-13-11-12-14-21-61(86)75-32-17-36-101-71(95)82-106(97,98)78-33-37-99-40-41-103-72(96)83(34-38-100-62(87)44-56(48(3)4)64(88)79-57(19-15-30-76-68(73)92)59(84)42-52-22-26-54(27-23-52)45-104-66(90)50(7)8)35-39-102-70(94)81-63(49(5)6)65(89)80-58(20-16-31-77-69(74)93)60(85)43-53-24-28-55(29-25-53)46-105-67(91)51(9)10/h22-29,47-51,56-58,63,78H,11-21,30-46H2,1-10H3,(H,75,86)(H,79,88)(H,80,89)(H,81,94)(H,82,95)(H3,73,76,92)(H3,74,77,93)/t56-,57-,58-,63-/m0/s1. The van der Waals surface area contributed by atoms with Gasteiger partial charge in [-0.3, -0.25) is 38.4 Å². The first-order valence-electron chi connectivity index (χ1n) is 36.2. The van der Waals surface area contributed by atoms with Crippen molar-refractivity contribution in [2.24, 2.45) is 47.0 Å². The molecule has 596 valence electrons. The molecule has 10 amide bonds. The molecule has 2 aromatic rings. The molecule has 0 fully saturated rings. The Labute approximate surface area is 622 Å². The molecule has 106 heavy (non-hydrogen) atoms. The molecule has 4 atom stereocenters. The molecule has 0 radical (unpaired) electrons. The largest absolute Gasteiger partial charge is 0.464 e. The Kier molecular flexibility index (Phi) is 45.5. The first-order chi connectivity index (χ1) is 50.2. The third-order valence-corrected chi connectivity index (χ3v) is 17.1. The lowest BCUT2D eigenvalue weighted by Gasteiger charge is -2.26. The Morgan fingerprint density at radius 1 is 0.462 bits per heavy atom. The van der Waals surface area contributed by atoms with Crippen molar-refractivity contribution in [2.75, 3.05) is 78.9 Å². The van der Waals surface area contributed by atoms with Crippen LogP contribution in [0.3, 0.4) is 0 Å². The van der Waals surface area contributed by atoms with Crippen molar-refractivity contribution in [1.82, 2.24) is 46.2 Å². The van der Waals surface area contributed by atoms with E-state index >= 15 is 0 Å². The van der Waals surface area contributed by atoms with E-state index in [-0.39, 0.29) is 146 Å². The van der Waals surface area contributed by atoms with E-state index in [1.54, 1.807) is 109 Å². The van der Waals surface area contributed by atoms with Crippen molar-refractivity contribution in [3.63, 3.8) is 0 Å². The molecule has 0 saturated heterocycles. The topological polar surface area (TPSA) is 472 Å². The minimum atomic E-state index is -4.40. The van der Waals surface area contributed by atoms with E-state index in [1.807, 2.05) is 0 Å². The van der Waals surface area contributed by atoms with Crippen LogP contribution in [0.25, 0.3) is 0 Å². The highest BCUT2D eigenvalue weighted by Gasteiger charge is 2.32. The molecule has 0 unspecified atom stereocenters. The van der Waals surface area contributed by atoms with Gasteiger partial charge in [-0.05, 0) is 78.5 Å². The summed E-state index contributed by atoms with van der Waals surface area (Å²) in [6.45, 7) is 15.0. The van der Waals surface area contributed by atoms with E-state index in [4.69, 9.17) is 44.6 Å². The molecule has 0 aromatic heterocycles. The summed E-state index contributed by atoms with van der Waals surface area (Å²) in [7, 11) is -4.40. The Morgan fingerprint density at radius 3 is 1.45 bits per heavy atom. The number of nitrogens with one attached hydrogen (secondary N) is 8. The van der Waals surface area contributed by atoms with Crippen LogP contribution in [-0.4, -0.2) is 188 Å². The maximum atomic E-state index is 14.0. The van der Waals surface area contributed by atoms with Crippen LogP contribution in [-0.2, 0) is 108 Å². The van der Waals surface area contributed by atoms with Crippen LogP contribution in [0.2, 0.25) is 0 Å². The van der Waals surface area contributed by atoms with Crippen LogP contribution in [0, 0.1) is 35.5 Å². The number of nitrogens with zero attached hydrogens (tertiary/aromatic N) is 1. The fourth-order valence-electron chi connectivity index (χ4n) is 9.94. The molecule has 0 spiro atoms. The van der Waals surface area contributed by atoms with Crippen molar-refractivity contribution in [3.05, 3.63) is 70.8 Å². The summed E-state index contributed by atoms with van der Waals surface area (Å²) in [6.07, 6.45) is 2.20. The quantitative estimate of drug-likeness (QED) is 0.0227. The van der Waals surface area contributed by atoms with Crippen molar-refractivity contribution in [3.8, 4) is 0 Å². The third-order valence-electron chi connectivity index (χ3n) is 16.1. The average molecular weight is 1520 g/mol. The van der Waals surface area contributed by atoms with Crippen LogP contribution in [0.15, 0.2) is 48.5 Å². The summed E-state index contributed by atoms with van der Waals surface area (Å²) < 4.78 is 66.1. The van der Waals surface area contributed by atoms with Gasteiger partial charge in [-0.1, -0.05) is 143 Å². The lowest BCUT2D eigenvalue weighted by atomic mass is 9.90. The molecule has 0 bridgehead atoms. The number of urea groups is 2. The lowest BCUT2D eigenvalue weighted by molar-refractivity contribution is -0.149. The zero-order chi connectivity index (χ0) is 79.2. The van der Waals surface area contributed by atoms with Gasteiger partial charge in [0.05, 0.1) is 69.2 Å². The summed E-state index contributed by atoms with van der Waals surface area (Å²) in [5.41, 5.74) is 13.1. The molecule has 2 rings (SSSR count). The number of carbonyl (C=O) groups excluding carboxylic acids is 13. The van der Waals surface area contributed by atoms with Gasteiger partial charge >= 0.3 is 58.5 Å². The molecule has 0 aliphatic carbocycles. The molecule has 33 nitrogen and oxygen atoms in total. The molecule has 34 heteroatoms. The van der Waals surface area contributed by atoms with Crippen LogP contribution in [0.1, 0.15) is 169 Å². The second-order valence-corrected chi connectivity index (χ2v) is 28.6. The number of nitrogens with two attached hydrogens (primary N) is 2. The Balaban J connectivity index is 2.18. The predicted octanol–water partition coefficient (Wildman–Crippen LogP) is 5.35. The molecule has 0 saturated carbocycles. The van der Waals surface area contributed by atoms with Crippen LogP contribution in [0.5, 0.6) is 0 Å². The minimum Gasteiger partial charge on any atom is -0.464 e. The summed E-state index contributed by atoms with van der Waals surface area (Å²) >= 11 is 0. The molecule has 0 heterocycles. The predicted molar refractivity (Wildman–Crippen MR) is 389 cm³/mol. The Hall–Kier alpha value is -9.18. The van der Waals surface area contributed by atoms with Gasteiger partial charge in [0.25, 0.3) is 0 Å². The minimum absolute atomic E-state index is 0.0284. The number of hydrogen-bond donors (Lipinski definition) is 10. The number of primary amides is 2. The number of amides is 10. The van der Waals surface area contributed by atoms with Gasteiger partial charge in [0, 0.05) is 45.4 Å². The number of ether oxygens (including phenoxy) is 7. The molecule has 2 aromatic carbocycles. The summed E-state index contributed by atoms with van der Waals surface area (Å²) in [5, 5.41) is 15.6. The van der Waals surface area contributed by atoms with Crippen LogP contribution < -0.4 is 52.8 Å². The molecular formula is C72H115N11O22S. The van der Waals surface area contributed by atoms with Gasteiger partial charge in [0.15, 0.2) is 11.6 Å². The van der Waals surface area contributed by atoms with E-state index in [9.17, 15) is 70.7 Å². The third kappa shape index (κ3) is 42.7. The lowest BCUT2D eigenvalue weighted by Crippen LogP contribution is -2.54. The summed E-state index contributed by atoms with van der Waals surface area (Å²) in [6, 6.07) is 8.58. The number of ketones is 2. The first kappa shape index (κ1) is 92.9. The van der Waals surface area contributed by atoms with Gasteiger partial charge in [-0.25, -0.2) is 28.7 Å². The normalized spacial score (nSPS) is 12.4. The van der Waals surface area contributed by atoms with Crippen molar-refractivity contribution >= 4 is 87.7 Å². The van der Waals surface area contributed by atoms with Crippen LogP contribution >= 0.6 is 0 Å². The van der Waals surface area contributed by atoms with Gasteiger partial charge in [0.2, 0.25) is 17.7 Å². The van der Waals surface area contributed by atoms with E-state index in [0.29, 0.717) is 34.6 Å². The van der Waals surface area contributed by atoms with E-state index in [1.165, 1.54) is 0 Å². The van der Waals surface area contributed by atoms with Crippen molar-refractivity contribution < 1.29 is 104 Å². The Bertz CT molecular complexity index is 3060. The fraction of sp³-hybridized carbons (Fsp3) is 0.653. The van der Waals surface area contributed by atoms with Crippen molar-refractivity contribution in [2.45, 2.75) is 190 Å². The van der Waals surface area contributed by atoms with Crippen LogP contribution in [0.4, 0.5) is 24.0 Å². The van der Waals surface area contributed by atoms with E-state index < -0.39 is 133 Å². The smallest absolute Gasteiger partial charge is 0.421 e. The average Bonchev–Trinajstić information content (AvgIpc) is 0.865. The number of rotatable bonds is 54. The molecule has 12 N–H and O–H groups in total. The summed E-state index contributed by atoms with van der Waals surface area (Å²) in [5.74, 6) is -5.99. The van der Waals surface area contributed by atoms with E-state index in [0.717, 1.165) is 37.0 Å². The molecule has 0 aliphatic rings. The second kappa shape index (κ2) is 51.9. The van der Waals surface area contributed by atoms with E-state index in [2.05, 4.69) is 50.5 Å². The molecule has 0 aliphatic heterocycles. The number of unbranched alkanes of at least 4 members (excludes halogenated alkanes) is 3. The second-order valence-electron chi connectivity index (χ2n) is 27.1. The number of benzene rings is 2. The van der Waals surface area contributed by atoms with Gasteiger partial charge < -0.3 is 81.4 Å². The van der Waals surface area contributed by atoms with Gasteiger partial charge in [0.1, 0.15) is 39.1 Å². The number of hydrogen-bond acceptors (Lipinski definition) is 22. The van der Waals surface area contributed by atoms with Crippen molar-refractivity contribution in [1.29, 1.82) is 0 Å². The SMILES string of the molecule is CC(C)CCCCCCC(=O)NCCCOC(=O)NS(=O)(=O)NCCOCCOC(=O)N(CCOC(=O)C[C@H](C(=O)N[C@@H](CCCNC(N)=O)C(=O)Cc1ccc(COC(=O)C(C)C)cc1)C(C)C)CCOC(=O)N[C@H](C(=O)N[C@@H](CCCNC(N)=O)C(=O)Cc1ccc(COC(=O)C(C)C)cc1)C(C)C. The highest BCUT2D eigenvalue weighted by Crippen LogP contribution is 2.20. The monoisotopic (exact) mass is 1520 g/mol. The fourth-order valence-corrected chi connectivity index (χ4v) is 10.6. The first-order valence-corrected chi connectivity index (χ1v) is 37.7. The van der Waals surface area contributed by atoms with Gasteiger partial charge in [-0.15, -0.1) is 0 Å². The highest BCUT2D eigenvalue weighted by atomic mass is 32.2. The number of esters is 3. The number of alkyl carbamates (subject to hydrolysis) is 1.